The van der Waals surface area contributed by atoms with Crippen molar-refractivity contribution >= 4 is 17.7 Å². The average molecular weight is 242 g/mol. The van der Waals surface area contributed by atoms with Crippen LogP contribution in [0.3, 0.4) is 0 Å². The Balaban J connectivity index is 2.12. The monoisotopic (exact) mass is 242 g/mol. The number of hydrogen-bond donors (Lipinski definition) is 0. The molecule has 0 bridgehead atoms. The predicted octanol–water partition coefficient (Wildman–Crippen LogP) is 1.15. The molecule has 2 heterocycles. The highest BCUT2D eigenvalue weighted by molar-refractivity contribution is 7.99. The summed E-state index contributed by atoms with van der Waals surface area (Å²) in [4.78, 5) is 2.22. The van der Waals surface area contributed by atoms with E-state index < -0.39 is 0 Å². The zero-order chi connectivity index (χ0) is 11.5. The number of anilines is 1. The van der Waals surface area contributed by atoms with E-state index >= 15 is 0 Å². The maximum Gasteiger partial charge on any atom is 0.227 e. The van der Waals surface area contributed by atoms with Crippen molar-refractivity contribution < 1.29 is 4.74 Å². The van der Waals surface area contributed by atoms with Crippen molar-refractivity contribution in [2.75, 3.05) is 31.2 Å². The lowest BCUT2D eigenvalue weighted by atomic mass is 10.4. The molecule has 2 rings (SSSR count). The minimum absolute atomic E-state index is 0.528. The summed E-state index contributed by atoms with van der Waals surface area (Å²) < 4.78 is 7.39. The average Bonchev–Trinajstić information content (AvgIpc) is 2.61. The van der Waals surface area contributed by atoms with Gasteiger partial charge in [-0.2, -0.15) is 0 Å². The number of morpholine rings is 1. The third-order valence-corrected chi connectivity index (χ3v) is 3.48. The first kappa shape index (κ1) is 11.7. The van der Waals surface area contributed by atoms with Gasteiger partial charge in [0.1, 0.15) is 0 Å². The molecule has 90 valence electrons. The second kappa shape index (κ2) is 5.05. The van der Waals surface area contributed by atoms with Gasteiger partial charge < -0.3 is 9.64 Å². The van der Waals surface area contributed by atoms with E-state index in [0.29, 0.717) is 5.25 Å². The van der Waals surface area contributed by atoms with Crippen molar-refractivity contribution in [3.63, 3.8) is 0 Å². The molecule has 1 aliphatic rings. The number of thioether (sulfide) groups is 1. The highest BCUT2D eigenvalue weighted by Gasteiger charge is 2.18. The Morgan fingerprint density at radius 3 is 2.56 bits per heavy atom. The molecule has 5 nitrogen and oxygen atoms in total. The third-order valence-electron chi connectivity index (χ3n) is 2.45. The van der Waals surface area contributed by atoms with E-state index in [1.807, 2.05) is 7.05 Å². The molecule has 1 saturated heterocycles. The van der Waals surface area contributed by atoms with Crippen molar-refractivity contribution in [2.24, 2.45) is 7.05 Å². The van der Waals surface area contributed by atoms with Crippen LogP contribution in [0.2, 0.25) is 0 Å². The minimum Gasteiger partial charge on any atom is -0.378 e. The molecule has 1 fully saturated rings. The first-order chi connectivity index (χ1) is 7.68. The summed E-state index contributed by atoms with van der Waals surface area (Å²) >= 11 is 1.74. The number of rotatable bonds is 3. The zero-order valence-corrected chi connectivity index (χ0v) is 10.8. The standard InChI is InChI=1S/C10H18N4OS/c1-8(2)16-10-12-11-9(13(10)3)14-4-6-15-7-5-14/h8H,4-7H2,1-3H3. The van der Waals surface area contributed by atoms with Gasteiger partial charge in [0.05, 0.1) is 13.2 Å². The van der Waals surface area contributed by atoms with Gasteiger partial charge in [-0.1, -0.05) is 25.6 Å². The van der Waals surface area contributed by atoms with Crippen LogP contribution in [0.15, 0.2) is 5.16 Å². The van der Waals surface area contributed by atoms with Crippen molar-refractivity contribution in [3.05, 3.63) is 0 Å². The van der Waals surface area contributed by atoms with Gasteiger partial charge in [0.25, 0.3) is 0 Å². The molecule has 0 spiro atoms. The van der Waals surface area contributed by atoms with E-state index in [9.17, 15) is 0 Å². The summed E-state index contributed by atoms with van der Waals surface area (Å²) in [6.07, 6.45) is 0. The van der Waals surface area contributed by atoms with Crippen LogP contribution < -0.4 is 4.90 Å². The molecule has 0 N–H and O–H groups in total. The molecule has 0 saturated carbocycles. The molecule has 0 atom stereocenters. The number of aromatic nitrogens is 3. The Bertz CT molecular complexity index is 347. The molecular weight excluding hydrogens is 224 g/mol. The lowest BCUT2D eigenvalue weighted by Gasteiger charge is -2.27. The summed E-state index contributed by atoms with van der Waals surface area (Å²) in [5.41, 5.74) is 0. The number of nitrogens with zero attached hydrogens (tertiary/aromatic N) is 4. The lowest BCUT2D eigenvalue weighted by Crippen LogP contribution is -2.37. The minimum atomic E-state index is 0.528. The SMILES string of the molecule is CC(C)Sc1nnc(N2CCOCC2)n1C. The predicted molar refractivity (Wildman–Crippen MR) is 65.0 cm³/mol. The van der Waals surface area contributed by atoms with Crippen LogP contribution in [0.5, 0.6) is 0 Å². The Morgan fingerprint density at radius 2 is 1.94 bits per heavy atom. The van der Waals surface area contributed by atoms with Crippen molar-refractivity contribution in [2.45, 2.75) is 24.3 Å². The molecule has 0 radical (unpaired) electrons. The van der Waals surface area contributed by atoms with E-state index in [0.717, 1.165) is 37.4 Å². The fourth-order valence-electron chi connectivity index (χ4n) is 1.66. The molecule has 0 unspecified atom stereocenters. The van der Waals surface area contributed by atoms with Crippen LogP contribution in [-0.4, -0.2) is 46.3 Å². The van der Waals surface area contributed by atoms with Crippen LogP contribution >= 0.6 is 11.8 Å². The molecule has 6 heteroatoms. The molecule has 0 aliphatic carbocycles. The van der Waals surface area contributed by atoms with Gasteiger partial charge in [0.2, 0.25) is 5.95 Å². The molecular formula is C10H18N4OS. The maximum absolute atomic E-state index is 5.33. The Morgan fingerprint density at radius 1 is 1.25 bits per heavy atom. The first-order valence-corrected chi connectivity index (χ1v) is 6.45. The van der Waals surface area contributed by atoms with Gasteiger partial charge in [0, 0.05) is 25.4 Å². The summed E-state index contributed by atoms with van der Waals surface area (Å²) in [5, 5.41) is 9.99. The quantitative estimate of drug-likeness (QED) is 0.744. The van der Waals surface area contributed by atoms with Crippen molar-refractivity contribution in [1.29, 1.82) is 0 Å². The van der Waals surface area contributed by atoms with Gasteiger partial charge in [-0.15, -0.1) is 10.2 Å². The molecule has 1 aromatic heterocycles. The van der Waals surface area contributed by atoms with Crippen LogP contribution in [0.4, 0.5) is 5.95 Å². The van der Waals surface area contributed by atoms with E-state index in [4.69, 9.17) is 4.74 Å². The van der Waals surface area contributed by atoms with Gasteiger partial charge in [-0.05, 0) is 0 Å². The van der Waals surface area contributed by atoms with Gasteiger partial charge in [-0.3, -0.25) is 4.57 Å². The fraction of sp³-hybridized carbons (Fsp3) is 0.800. The second-order valence-electron chi connectivity index (χ2n) is 4.11. The zero-order valence-electron chi connectivity index (χ0n) is 10.0. The molecule has 0 aromatic carbocycles. The second-order valence-corrected chi connectivity index (χ2v) is 5.65. The van der Waals surface area contributed by atoms with Gasteiger partial charge in [-0.25, -0.2) is 0 Å². The van der Waals surface area contributed by atoms with Crippen LogP contribution in [0, 0.1) is 0 Å². The van der Waals surface area contributed by atoms with E-state index in [-0.39, 0.29) is 0 Å². The van der Waals surface area contributed by atoms with E-state index in [2.05, 4.69) is 33.5 Å². The van der Waals surface area contributed by atoms with E-state index in [1.165, 1.54) is 0 Å². The summed E-state index contributed by atoms with van der Waals surface area (Å²) in [6, 6.07) is 0. The summed E-state index contributed by atoms with van der Waals surface area (Å²) in [7, 11) is 2.02. The Labute approximate surface area is 100 Å². The third kappa shape index (κ3) is 2.49. The maximum atomic E-state index is 5.33. The molecule has 16 heavy (non-hydrogen) atoms. The van der Waals surface area contributed by atoms with Gasteiger partial charge in [0.15, 0.2) is 5.16 Å². The number of hydrogen-bond acceptors (Lipinski definition) is 5. The lowest BCUT2D eigenvalue weighted by molar-refractivity contribution is 0.121. The molecule has 0 amide bonds. The molecule has 1 aliphatic heterocycles. The topological polar surface area (TPSA) is 43.2 Å². The largest absolute Gasteiger partial charge is 0.378 e. The van der Waals surface area contributed by atoms with E-state index in [1.54, 1.807) is 11.8 Å². The first-order valence-electron chi connectivity index (χ1n) is 5.57. The van der Waals surface area contributed by atoms with Crippen LogP contribution in [0.25, 0.3) is 0 Å². The molecule has 1 aromatic rings. The summed E-state index contributed by atoms with van der Waals surface area (Å²) in [6.45, 7) is 7.68. The Kier molecular flexibility index (Phi) is 3.70. The number of ether oxygens (including phenoxy) is 1. The van der Waals surface area contributed by atoms with Crippen LogP contribution in [-0.2, 0) is 11.8 Å². The fourth-order valence-corrected chi connectivity index (χ4v) is 2.41. The normalized spacial score (nSPS) is 17.1. The van der Waals surface area contributed by atoms with Gasteiger partial charge >= 0.3 is 0 Å². The summed E-state index contributed by atoms with van der Waals surface area (Å²) in [5.74, 6) is 0.950. The highest BCUT2D eigenvalue weighted by atomic mass is 32.2. The van der Waals surface area contributed by atoms with Crippen molar-refractivity contribution in [1.82, 2.24) is 14.8 Å². The van der Waals surface area contributed by atoms with Crippen molar-refractivity contribution in [3.8, 4) is 0 Å². The highest BCUT2D eigenvalue weighted by Crippen LogP contribution is 2.24. The Hall–Kier alpha value is -0.750. The smallest absolute Gasteiger partial charge is 0.227 e. The van der Waals surface area contributed by atoms with Crippen LogP contribution in [0.1, 0.15) is 13.8 Å².